The van der Waals surface area contributed by atoms with E-state index in [1.807, 2.05) is 12.1 Å². The number of aryl methyl sites for hydroxylation is 1. The van der Waals surface area contributed by atoms with Crippen LogP contribution in [0, 0.1) is 11.3 Å². The van der Waals surface area contributed by atoms with Crippen molar-refractivity contribution >= 4 is 11.5 Å². The third-order valence-corrected chi connectivity index (χ3v) is 8.54. The molecule has 0 bridgehead atoms. The lowest BCUT2D eigenvalue weighted by Gasteiger charge is -2.23. The van der Waals surface area contributed by atoms with Crippen LogP contribution in [0.2, 0.25) is 0 Å². The molecule has 0 aliphatic carbocycles. The Kier molecular flexibility index (Phi) is 9.40. The molecule has 2 aromatic heterocycles. The first kappa shape index (κ1) is 28.9. The predicted octanol–water partition coefficient (Wildman–Crippen LogP) is 6.01. The molecule has 0 saturated carbocycles. The summed E-state index contributed by atoms with van der Waals surface area (Å²) < 4.78 is 12.4. The molecule has 3 aromatic rings. The number of likely N-dealkylation sites (N-methyl/N-ethyl adjacent to an activating group) is 1. The van der Waals surface area contributed by atoms with Crippen molar-refractivity contribution in [1.82, 2.24) is 20.0 Å². The van der Waals surface area contributed by atoms with Crippen LogP contribution in [0.3, 0.4) is 0 Å². The van der Waals surface area contributed by atoms with Crippen LogP contribution >= 0.6 is 0 Å². The Morgan fingerprint density at radius 1 is 1.10 bits per heavy atom. The first-order chi connectivity index (χ1) is 20.0. The van der Waals surface area contributed by atoms with Crippen LogP contribution in [-0.4, -0.2) is 59.4 Å². The number of ether oxygens (including phenoxy) is 1. The fraction of sp³-hybridized carbons (Fsp3) is 0.562. The van der Waals surface area contributed by atoms with E-state index in [0.717, 1.165) is 87.1 Å². The summed E-state index contributed by atoms with van der Waals surface area (Å²) in [6, 6.07) is 8.44. The van der Waals surface area contributed by atoms with E-state index in [9.17, 15) is 5.26 Å². The van der Waals surface area contributed by atoms with Crippen LogP contribution in [0.5, 0.6) is 5.88 Å². The maximum absolute atomic E-state index is 10.0. The van der Waals surface area contributed by atoms with Gasteiger partial charge in [-0.25, -0.2) is 4.98 Å². The van der Waals surface area contributed by atoms with Gasteiger partial charge in [0.2, 0.25) is 5.88 Å². The van der Waals surface area contributed by atoms with Crippen molar-refractivity contribution in [3.63, 3.8) is 0 Å². The molecule has 1 atom stereocenters. The van der Waals surface area contributed by atoms with Crippen molar-refractivity contribution in [3.8, 4) is 34.8 Å². The van der Waals surface area contributed by atoms with E-state index in [-0.39, 0.29) is 0 Å². The standard InChI is InChI=1S/C32H43N7O2/c1-4-6-13-24-30(37-41-31(24)29-22(5-2)14-15-26(34)25(29)20-33)32-35-27(39-17-9-7-8-10-18-39)19-28(36-32)40-21-23-12-11-16-38(23)3/h14-15,19,23H,4-13,16-18,21,34H2,1-3H3. The summed E-state index contributed by atoms with van der Waals surface area (Å²) in [6.45, 7) is 7.84. The van der Waals surface area contributed by atoms with Crippen LogP contribution in [0.1, 0.15) is 81.9 Å². The number of anilines is 2. The van der Waals surface area contributed by atoms with Crippen molar-refractivity contribution < 1.29 is 9.26 Å². The summed E-state index contributed by atoms with van der Waals surface area (Å²) in [5.74, 6) is 2.53. The van der Waals surface area contributed by atoms with Gasteiger partial charge < -0.3 is 24.8 Å². The van der Waals surface area contributed by atoms with E-state index in [2.05, 4.69) is 41.9 Å². The number of likely N-dealkylation sites (tertiary alicyclic amines) is 1. The molecule has 4 heterocycles. The monoisotopic (exact) mass is 557 g/mol. The summed E-state index contributed by atoms with van der Waals surface area (Å²) in [4.78, 5) is 14.7. The summed E-state index contributed by atoms with van der Waals surface area (Å²) in [5.41, 5.74) is 10.4. The molecule has 9 heteroatoms. The van der Waals surface area contributed by atoms with E-state index >= 15 is 0 Å². The van der Waals surface area contributed by atoms with Crippen molar-refractivity contribution in [2.45, 2.75) is 84.1 Å². The van der Waals surface area contributed by atoms with Gasteiger partial charge in [-0.3, -0.25) is 0 Å². The molecule has 2 aliphatic rings. The lowest BCUT2D eigenvalue weighted by atomic mass is 9.92. The number of unbranched alkanes of at least 4 members (excludes halogenated alkanes) is 1. The van der Waals surface area contributed by atoms with E-state index < -0.39 is 0 Å². The number of nitrogen functional groups attached to an aromatic ring is 1. The molecule has 218 valence electrons. The summed E-state index contributed by atoms with van der Waals surface area (Å²) >= 11 is 0. The minimum atomic E-state index is 0.384. The number of rotatable bonds is 10. The first-order valence-electron chi connectivity index (χ1n) is 15.3. The largest absolute Gasteiger partial charge is 0.476 e. The van der Waals surface area contributed by atoms with E-state index in [4.69, 9.17) is 25.0 Å². The summed E-state index contributed by atoms with van der Waals surface area (Å²) in [6.07, 6.45) is 10.5. The van der Waals surface area contributed by atoms with Crippen molar-refractivity contribution in [2.24, 2.45) is 0 Å². The van der Waals surface area contributed by atoms with Crippen molar-refractivity contribution in [1.29, 1.82) is 5.26 Å². The fourth-order valence-corrected chi connectivity index (χ4v) is 6.03. The number of nitrogens with zero attached hydrogens (tertiary/aromatic N) is 6. The summed E-state index contributed by atoms with van der Waals surface area (Å²) in [5, 5.41) is 14.6. The Bertz CT molecular complexity index is 1370. The smallest absolute Gasteiger partial charge is 0.219 e. The number of benzene rings is 1. The molecule has 0 radical (unpaired) electrons. The van der Waals surface area contributed by atoms with Gasteiger partial charge in [-0.05, 0) is 70.2 Å². The molecule has 2 aliphatic heterocycles. The molecule has 9 nitrogen and oxygen atoms in total. The van der Waals surface area contributed by atoms with Crippen LogP contribution in [-0.2, 0) is 12.8 Å². The molecule has 1 aromatic carbocycles. The zero-order chi connectivity index (χ0) is 28.8. The van der Waals surface area contributed by atoms with Crippen LogP contribution < -0.4 is 15.4 Å². The zero-order valence-electron chi connectivity index (χ0n) is 24.8. The summed E-state index contributed by atoms with van der Waals surface area (Å²) in [7, 11) is 2.16. The third kappa shape index (κ3) is 6.33. The maximum atomic E-state index is 10.0. The lowest BCUT2D eigenvalue weighted by molar-refractivity contribution is 0.193. The Hall–Kier alpha value is -3.64. The molecule has 1 unspecified atom stereocenters. The van der Waals surface area contributed by atoms with Gasteiger partial charge in [-0.15, -0.1) is 0 Å². The molecule has 5 rings (SSSR count). The van der Waals surface area contributed by atoms with Gasteiger partial charge in [0, 0.05) is 36.3 Å². The number of hydrogen-bond acceptors (Lipinski definition) is 9. The molecular weight excluding hydrogens is 514 g/mol. The fourth-order valence-electron chi connectivity index (χ4n) is 6.03. The number of nitriles is 1. The highest BCUT2D eigenvalue weighted by Crippen LogP contribution is 2.39. The number of nitrogens with two attached hydrogens (primary N) is 1. The van der Waals surface area contributed by atoms with Crippen LogP contribution in [0.15, 0.2) is 22.7 Å². The molecule has 0 spiro atoms. The molecule has 0 amide bonds. The Morgan fingerprint density at radius 2 is 1.90 bits per heavy atom. The highest BCUT2D eigenvalue weighted by Gasteiger charge is 2.27. The lowest BCUT2D eigenvalue weighted by Crippen LogP contribution is -2.31. The molecule has 2 fully saturated rings. The van der Waals surface area contributed by atoms with Gasteiger partial charge >= 0.3 is 0 Å². The molecule has 2 saturated heterocycles. The van der Waals surface area contributed by atoms with Gasteiger partial charge in [0.15, 0.2) is 17.3 Å². The second-order valence-electron chi connectivity index (χ2n) is 11.3. The van der Waals surface area contributed by atoms with Crippen LogP contribution in [0.25, 0.3) is 22.8 Å². The van der Waals surface area contributed by atoms with Gasteiger partial charge in [0.1, 0.15) is 18.5 Å². The zero-order valence-corrected chi connectivity index (χ0v) is 24.8. The predicted molar refractivity (Wildman–Crippen MR) is 162 cm³/mol. The van der Waals surface area contributed by atoms with Crippen LogP contribution in [0.4, 0.5) is 11.5 Å². The Morgan fingerprint density at radius 3 is 2.59 bits per heavy atom. The molecule has 2 N–H and O–H groups in total. The van der Waals surface area contributed by atoms with Gasteiger partial charge in [0.25, 0.3) is 0 Å². The SMILES string of the molecule is CCCCc1c(-c2nc(OCC3CCCN3C)cc(N3CCCCCC3)n2)noc1-c1c(CC)ccc(N)c1C#N. The van der Waals surface area contributed by atoms with E-state index in [1.165, 1.54) is 19.3 Å². The quantitative estimate of drug-likeness (QED) is 0.299. The number of hydrogen-bond donors (Lipinski definition) is 1. The maximum Gasteiger partial charge on any atom is 0.219 e. The Labute approximate surface area is 243 Å². The van der Waals surface area contributed by atoms with E-state index in [1.54, 1.807) is 6.07 Å². The van der Waals surface area contributed by atoms with Gasteiger partial charge in [-0.2, -0.15) is 10.2 Å². The average Bonchev–Trinajstić information content (AvgIpc) is 3.49. The van der Waals surface area contributed by atoms with Gasteiger partial charge in [-0.1, -0.05) is 44.3 Å². The van der Waals surface area contributed by atoms with Crippen molar-refractivity contribution in [3.05, 3.63) is 34.9 Å². The normalized spacial score (nSPS) is 17.9. The molecule has 41 heavy (non-hydrogen) atoms. The molecular formula is C32H43N7O2. The van der Waals surface area contributed by atoms with Gasteiger partial charge in [0.05, 0.1) is 11.3 Å². The second kappa shape index (κ2) is 13.3. The Balaban J connectivity index is 1.60. The highest BCUT2D eigenvalue weighted by molar-refractivity contribution is 5.81. The average molecular weight is 558 g/mol. The van der Waals surface area contributed by atoms with E-state index in [0.29, 0.717) is 47.1 Å². The van der Waals surface area contributed by atoms with Crippen molar-refractivity contribution in [2.75, 3.05) is 43.9 Å². The topological polar surface area (TPSA) is 117 Å². The minimum absolute atomic E-state index is 0.384. The minimum Gasteiger partial charge on any atom is -0.476 e. The second-order valence-corrected chi connectivity index (χ2v) is 11.3. The highest BCUT2D eigenvalue weighted by atomic mass is 16.5. The number of aromatic nitrogens is 3. The first-order valence-corrected chi connectivity index (χ1v) is 15.3. The third-order valence-electron chi connectivity index (χ3n) is 8.54.